The van der Waals surface area contributed by atoms with E-state index in [1.54, 1.807) is 12.1 Å². The third-order valence-electron chi connectivity index (χ3n) is 5.36. The zero-order valence-corrected chi connectivity index (χ0v) is 19.6. The van der Waals surface area contributed by atoms with Crippen molar-refractivity contribution in [1.82, 2.24) is 4.31 Å². The molecule has 0 radical (unpaired) electrons. The molecule has 1 aromatic heterocycles. The van der Waals surface area contributed by atoms with Crippen molar-refractivity contribution >= 4 is 32.6 Å². The molecule has 34 heavy (non-hydrogen) atoms. The highest BCUT2D eigenvalue weighted by atomic mass is 32.2. The molecule has 174 valence electrons. The Hall–Kier alpha value is -3.75. The molecule has 0 atom stereocenters. The van der Waals surface area contributed by atoms with E-state index >= 15 is 0 Å². The predicted octanol–water partition coefficient (Wildman–Crippen LogP) is 4.45. The first-order valence-electron chi connectivity index (χ1n) is 10.7. The molecule has 0 saturated carbocycles. The van der Waals surface area contributed by atoms with Gasteiger partial charge in [0.2, 0.25) is 15.9 Å². The lowest BCUT2D eigenvalue weighted by Gasteiger charge is -2.22. The minimum absolute atomic E-state index is 0.0542. The topological polar surface area (TPSA) is 96.7 Å². The number of rotatable bonds is 7. The molecular weight excluding hydrogens is 452 g/mol. The van der Waals surface area contributed by atoms with E-state index in [0.29, 0.717) is 16.7 Å². The maximum atomic E-state index is 13.6. The smallest absolute Gasteiger partial charge is 0.243 e. The zero-order valence-electron chi connectivity index (χ0n) is 18.8. The first-order chi connectivity index (χ1) is 16.2. The van der Waals surface area contributed by atoms with E-state index in [1.165, 1.54) is 41.8 Å². The van der Waals surface area contributed by atoms with Crippen molar-refractivity contribution in [2.45, 2.75) is 31.8 Å². The fourth-order valence-electron chi connectivity index (χ4n) is 3.66. The van der Waals surface area contributed by atoms with Crippen LogP contribution in [0.3, 0.4) is 0 Å². The van der Waals surface area contributed by atoms with Crippen LogP contribution in [0, 0.1) is 6.92 Å². The van der Waals surface area contributed by atoms with Gasteiger partial charge in [-0.25, -0.2) is 8.42 Å². The van der Waals surface area contributed by atoms with E-state index in [0.717, 1.165) is 11.1 Å². The number of anilines is 1. The van der Waals surface area contributed by atoms with Crippen LogP contribution in [0.5, 0.6) is 0 Å². The highest BCUT2D eigenvalue weighted by molar-refractivity contribution is 7.89. The molecule has 0 bridgehead atoms. The summed E-state index contributed by atoms with van der Waals surface area (Å²) in [5, 5.41) is 3.03. The summed E-state index contributed by atoms with van der Waals surface area (Å²) in [6.07, 6.45) is 1.33. The van der Waals surface area contributed by atoms with Crippen LogP contribution in [0.2, 0.25) is 0 Å². The molecule has 0 aliphatic heterocycles. The number of carbonyl (C=O) groups is 1. The highest BCUT2D eigenvalue weighted by Gasteiger charge is 2.26. The summed E-state index contributed by atoms with van der Waals surface area (Å²) in [6.45, 7) is 3.17. The standard InChI is InChI=1S/C26H24N2O5S/c1-18-8-13-25-24(14-18)26(30)21(17-33-25)16-28(15-20-6-4-3-5-7-20)34(31,32)23-11-9-22(10-12-23)27-19(2)29/h3-14,17H,15-16H2,1-2H3,(H,27,29). The summed E-state index contributed by atoms with van der Waals surface area (Å²) >= 11 is 0. The Balaban J connectivity index is 1.74. The average molecular weight is 477 g/mol. The summed E-state index contributed by atoms with van der Waals surface area (Å²) in [6, 6.07) is 20.4. The molecule has 4 rings (SSSR count). The van der Waals surface area contributed by atoms with Gasteiger partial charge in [0.05, 0.1) is 22.1 Å². The monoisotopic (exact) mass is 476 g/mol. The van der Waals surface area contributed by atoms with E-state index in [9.17, 15) is 18.0 Å². The van der Waals surface area contributed by atoms with Crippen LogP contribution in [0.25, 0.3) is 11.0 Å². The van der Waals surface area contributed by atoms with Crippen LogP contribution in [0.1, 0.15) is 23.6 Å². The van der Waals surface area contributed by atoms with Gasteiger partial charge in [0, 0.05) is 25.7 Å². The average Bonchev–Trinajstić information content (AvgIpc) is 2.81. The number of amides is 1. The lowest BCUT2D eigenvalue weighted by atomic mass is 10.1. The van der Waals surface area contributed by atoms with Crippen molar-refractivity contribution in [3.8, 4) is 0 Å². The van der Waals surface area contributed by atoms with Gasteiger partial charge in [0.1, 0.15) is 5.58 Å². The van der Waals surface area contributed by atoms with Gasteiger partial charge in [-0.15, -0.1) is 0 Å². The maximum absolute atomic E-state index is 13.6. The second-order valence-corrected chi connectivity index (χ2v) is 9.99. The number of nitrogens with zero attached hydrogens (tertiary/aromatic N) is 1. The molecule has 1 amide bonds. The van der Waals surface area contributed by atoms with E-state index in [2.05, 4.69) is 5.32 Å². The summed E-state index contributed by atoms with van der Waals surface area (Å²) in [5.74, 6) is -0.250. The van der Waals surface area contributed by atoms with Crippen molar-refractivity contribution in [3.63, 3.8) is 0 Å². The Labute approximate surface area is 197 Å². The van der Waals surface area contributed by atoms with Gasteiger partial charge in [0.25, 0.3) is 0 Å². The predicted molar refractivity (Wildman–Crippen MR) is 131 cm³/mol. The third kappa shape index (κ3) is 5.08. The Morgan fingerprint density at radius 1 is 0.971 bits per heavy atom. The Morgan fingerprint density at radius 2 is 1.68 bits per heavy atom. The Kier molecular flexibility index (Phi) is 6.63. The van der Waals surface area contributed by atoms with Gasteiger partial charge in [-0.05, 0) is 48.9 Å². The molecule has 1 heterocycles. The number of hydrogen-bond donors (Lipinski definition) is 1. The normalized spacial score (nSPS) is 11.6. The fourth-order valence-corrected chi connectivity index (χ4v) is 5.07. The van der Waals surface area contributed by atoms with Crippen LogP contribution in [0.15, 0.2) is 93.2 Å². The molecular formula is C26H24N2O5S. The number of carbonyl (C=O) groups excluding carboxylic acids is 1. The van der Waals surface area contributed by atoms with Gasteiger partial charge in [-0.2, -0.15) is 4.31 Å². The van der Waals surface area contributed by atoms with Gasteiger partial charge in [0.15, 0.2) is 5.43 Å². The van der Waals surface area contributed by atoms with Crippen LogP contribution in [0.4, 0.5) is 5.69 Å². The molecule has 0 saturated heterocycles. The van der Waals surface area contributed by atoms with Crippen LogP contribution in [-0.2, 0) is 27.9 Å². The summed E-state index contributed by atoms with van der Waals surface area (Å²) in [7, 11) is -3.98. The minimum atomic E-state index is -3.98. The van der Waals surface area contributed by atoms with Gasteiger partial charge < -0.3 is 9.73 Å². The zero-order chi connectivity index (χ0) is 24.3. The lowest BCUT2D eigenvalue weighted by Crippen LogP contribution is -2.32. The minimum Gasteiger partial charge on any atom is -0.464 e. The highest BCUT2D eigenvalue weighted by Crippen LogP contribution is 2.23. The van der Waals surface area contributed by atoms with Crippen molar-refractivity contribution in [2.24, 2.45) is 0 Å². The number of benzene rings is 3. The first-order valence-corrected chi connectivity index (χ1v) is 12.1. The second kappa shape index (κ2) is 9.62. The Bertz CT molecular complexity index is 1490. The molecule has 0 aliphatic carbocycles. The van der Waals surface area contributed by atoms with E-state index in [1.807, 2.05) is 43.3 Å². The molecule has 1 N–H and O–H groups in total. The summed E-state index contributed by atoms with van der Waals surface area (Å²) in [4.78, 5) is 24.5. The molecule has 0 unspecified atom stereocenters. The number of fused-ring (bicyclic) bond motifs is 1. The summed E-state index contributed by atoms with van der Waals surface area (Å²) in [5.41, 5.74) is 2.61. The third-order valence-corrected chi connectivity index (χ3v) is 7.17. The second-order valence-electron chi connectivity index (χ2n) is 8.05. The number of aryl methyl sites for hydroxylation is 1. The SMILES string of the molecule is CC(=O)Nc1ccc(S(=O)(=O)N(Cc2ccccc2)Cc2coc3ccc(C)cc3c2=O)cc1. The molecule has 8 heteroatoms. The van der Waals surface area contributed by atoms with Crippen molar-refractivity contribution in [3.05, 3.63) is 106 Å². The number of nitrogens with one attached hydrogen (secondary N) is 1. The quantitative estimate of drug-likeness (QED) is 0.425. The van der Waals surface area contributed by atoms with Crippen LogP contribution in [-0.4, -0.2) is 18.6 Å². The van der Waals surface area contributed by atoms with Crippen LogP contribution < -0.4 is 10.7 Å². The van der Waals surface area contributed by atoms with Crippen molar-refractivity contribution in [1.29, 1.82) is 0 Å². The molecule has 0 aliphatic rings. The number of sulfonamides is 1. The molecule has 7 nitrogen and oxygen atoms in total. The molecule has 3 aromatic carbocycles. The lowest BCUT2D eigenvalue weighted by molar-refractivity contribution is -0.114. The first kappa shape index (κ1) is 23.4. The van der Waals surface area contributed by atoms with Crippen molar-refractivity contribution < 1.29 is 17.6 Å². The molecule has 4 aromatic rings. The number of hydrogen-bond acceptors (Lipinski definition) is 5. The van der Waals surface area contributed by atoms with Crippen molar-refractivity contribution in [2.75, 3.05) is 5.32 Å². The van der Waals surface area contributed by atoms with Gasteiger partial charge in [-0.3, -0.25) is 9.59 Å². The largest absolute Gasteiger partial charge is 0.464 e. The Morgan fingerprint density at radius 3 is 2.35 bits per heavy atom. The van der Waals surface area contributed by atoms with E-state index in [4.69, 9.17) is 4.42 Å². The van der Waals surface area contributed by atoms with E-state index < -0.39 is 10.0 Å². The van der Waals surface area contributed by atoms with Gasteiger partial charge in [-0.1, -0.05) is 42.0 Å². The molecule has 0 spiro atoms. The summed E-state index contributed by atoms with van der Waals surface area (Å²) < 4.78 is 34.1. The fraction of sp³-hybridized carbons (Fsp3) is 0.154. The van der Waals surface area contributed by atoms with Crippen LogP contribution >= 0.6 is 0 Å². The maximum Gasteiger partial charge on any atom is 0.243 e. The van der Waals surface area contributed by atoms with E-state index in [-0.39, 0.29) is 34.9 Å². The molecule has 0 fully saturated rings. The van der Waals surface area contributed by atoms with Gasteiger partial charge >= 0.3 is 0 Å².